The Hall–Kier alpha value is -2.93. The summed E-state index contributed by atoms with van der Waals surface area (Å²) in [6.07, 6.45) is 4.50. The number of nitrogens with zero attached hydrogens (tertiary/aromatic N) is 3. The van der Waals surface area contributed by atoms with E-state index < -0.39 is 5.97 Å². The number of carbonyl (C=O) groups excluding carboxylic acids is 1. The average Bonchev–Trinajstić information content (AvgIpc) is 3.22. The lowest BCUT2D eigenvalue weighted by atomic mass is 10.0. The van der Waals surface area contributed by atoms with Crippen molar-refractivity contribution in [3.8, 4) is 0 Å². The predicted molar refractivity (Wildman–Crippen MR) is 142 cm³/mol. The van der Waals surface area contributed by atoms with Gasteiger partial charge in [0.25, 0.3) is 0 Å². The van der Waals surface area contributed by atoms with Gasteiger partial charge in [0.1, 0.15) is 16.2 Å². The first kappa shape index (κ1) is 24.2. The zero-order valence-electron chi connectivity index (χ0n) is 20.5. The standard InChI is InChI=1S/C27H33N3O3S/c1-5-16-29(17-10-11-18(4)6-2)22-15-14-19-24(31)23(27(32)33-7-3)26-30(25(19)28-22)20-12-8-9-13-21(20)34-26/h8-9,12-15,18H,5-7,10-11,16-17H2,1-4H3. The first-order chi connectivity index (χ1) is 16.5. The second kappa shape index (κ2) is 10.6. The highest BCUT2D eigenvalue weighted by Gasteiger charge is 2.24. The number of fused-ring (bicyclic) bond motifs is 5. The van der Waals surface area contributed by atoms with Gasteiger partial charge in [-0.25, -0.2) is 9.78 Å². The van der Waals surface area contributed by atoms with E-state index in [1.165, 1.54) is 24.2 Å². The minimum absolute atomic E-state index is 0.0871. The molecule has 0 saturated carbocycles. The number of carbonyl (C=O) groups is 1. The molecule has 7 heteroatoms. The maximum absolute atomic E-state index is 13.5. The van der Waals surface area contributed by atoms with Crippen LogP contribution in [0.1, 0.15) is 63.7 Å². The quantitative estimate of drug-likeness (QED) is 0.250. The van der Waals surface area contributed by atoms with Gasteiger partial charge in [-0.2, -0.15) is 0 Å². The van der Waals surface area contributed by atoms with E-state index in [0.29, 0.717) is 21.8 Å². The fourth-order valence-corrected chi connectivity index (χ4v) is 5.56. The largest absolute Gasteiger partial charge is 0.462 e. The van der Waals surface area contributed by atoms with Crippen LogP contribution in [0.5, 0.6) is 0 Å². The van der Waals surface area contributed by atoms with Gasteiger partial charge in [0.15, 0.2) is 5.65 Å². The molecular formula is C27H33N3O3S. The molecule has 0 aliphatic heterocycles. The highest BCUT2D eigenvalue weighted by Crippen LogP contribution is 2.31. The molecule has 0 aliphatic carbocycles. The van der Waals surface area contributed by atoms with Crippen molar-refractivity contribution in [2.45, 2.75) is 53.4 Å². The molecule has 4 aromatic rings. The topological polar surface area (TPSA) is 63.9 Å². The van der Waals surface area contributed by atoms with E-state index in [-0.39, 0.29) is 17.6 Å². The number of hydrogen-bond donors (Lipinski definition) is 0. The van der Waals surface area contributed by atoms with E-state index in [4.69, 9.17) is 9.72 Å². The van der Waals surface area contributed by atoms with Gasteiger partial charge < -0.3 is 9.64 Å². The van der Waals surface area contributed by atoms with Crippen LogP contribution in [0.25, 0.3) is 26.1 Å². The molecule has 0 N–H and O–H groups in total. The van der Waals surface area contributed by atoms with Crippen LogP contribution < -0.4 is 10.3 Å². The van der Waals surface area contributed by atoms with Gasteiger partial charge in [-0.1, -0.05) is 39.3 Å². The minimum atomic E-state index is -0.583. The molecule has 0 amide bonds. The summed E-state index contributed by atoms with van der Waals surface area (Å²) >= 11 is 1.42. The van der Waals surface area contributed by atoms with Crippen LogP contribution >= 0.6 is 11.3 Å². The van der Waals surface area contributed by atoms with Gasteiger partial charge in [-0.15, -0.1) is 11.3 Å². The molecule has 3 heterocycles. The second-order valence-electron chi connectivity index (χ2n) is 8.82. The smallest absolute Gasteiger partial charge is 0.345 e. The van der Waals surface area contributed by atoms with Crippen molar-refractivity contribution in [1.82, 2.24) is 9.38 Å². The molecule has 0 spiro atoms. The molecule has 0 aliphatic rings. The number of ether oxygens (including phenoxy) is 1. The summed E-state index contributed by atoms with van der Waals surface area (Å²) in [4.78, 5) is 34.2. The van der Waals surface area contributed by atoms with E-state index in [1.54, 1.807) is 6.92 Å². The summed E-state index contributed by atoms with van der Waals surface area (Å²) in [6, 6.07) is 11.7. The lowest BCUT2D eigenvalue weighted by molar-refractivity contribution is 0.0527. The molecule has 180 valence electrons. The van der Waals surface area contributed by atoms with Crippen LogP contribution in [0.4, 0.5) is 5.82 Å². The summed E-state index contributed by atoms with van der Waals surface area (Å²) < 4.78 is 8.20. The Bertz CT molecular complexity index is 1370. The molecule has 1 unspecified atom stereocenters. The summed E-state index contributed by atoms with van der Waals surface area (Å²) in [5, 5.41) is 0.434. The Kier molecular flexibility index (Phi) is 7.51. The van der Waals surface area contributed by atoms with Gasteiger partial charge in [0.2, 0.25) is 5.43 Å². The molecule has 0 radical (unpaired) electrons. The fraction of sp³-hybridized carbons (Fsp3) is 0.444. The highest BCUT2D eigenvalue weighted by molar-refractivity contribution is 7.24. The van der Waals surface area contributed by atoms with E-state index in [9.17, 15) is 9.59 Å². The normalized spacial score (nSPS) is 12.5. The van der Waals surface area contributed by atoms with Gasteiger partial charge in [0, 0.05) is 13.1 Å². The molecule has 4 rings (SSSR count). The Morgan fingerprint density at radius 1 is 1.15 bits per heavy atom. The number of esters is 1. The zero-order chi connectivity index (χ0) is 24.2. The van der Waals surface area contributed by atoms with Gasteiger partial charge >= 0.3 is 5.97 Å². The number of pyridine rings is 2. The Morgan fingerprint density at radius 2 is 1.94 bits per heavy atom. The van der Waals surface area contributed by atoms with Crippen LogP contribution in [0.15, 0.2) is 41.2 Å². The van der Waals surface area contributed by atoms with Crippen molar-refractivity contribution in [3.63, 3.8) is 0 Å². The number of hydrogen-bond acceptors (Lipinski definition) is 6. The Labute approximate surface area is 204 Å². The molecule has 0 bridgehead atoms. The molecule has 3 aromatic heterocycles. The summed E-state index contributed by atoms with van der Waals surface area (Å²) in [5.41, 5.74) is 1.29. The lowest BCUT2D eigenvalue weighted by Gasteiger charge is -2.24. The molecule has 1 aromatic carbocycles. The van der Waals surface area contributed by atoms with Crippen molar-refractivity contribution in [2.24, 2.45) is 5.92 Å². The highest BCUT2D eigenvalue weighted by atomic mass is 32.1. The minimum Gasteiger partial charge on any atom is -0.462 e. The maximum atomic E-state index is 13.5. The predicted octanol–water partition coefficient (Wildman–Crippen LogP) is 6.28. The van der Waals surface area contributed by atoms with Crippen molar-refractivity contribution in [2.75, 3.05) is 24.6 Å². The summed E-state index contributed by atoms with van der Waals surface area (Å²) in [6.45, 7) is 10.5. The number of benzene rings is 1. The monoisotopic (exact) mass is 479 g/mol. The molecule has 0 fully saturated rings. The first-order valence-corrected chi connectivity index (χ1v) is 13.1. The number of thiazole rings is 1. The Balaban J connectivity index is 1.91. The molecule has 1 atom stereocenters. The van der Waals surface area contributed by atoms with Crippen LogP contribution in [0.3, 0.4) is 0 Å². The third-order valence-electron chi connectivity index (χ3n) is 6.39. The number of rotatable bonds is 10. The van der Waals surface area contributed by atoms with E-state index in [2.05, 4.69) is 25.7 Å². The van der Waals surface area contributed by atoms with Crippen LogP contribution in [0, 0.1) is 5.92 Å². The van der Waals surface area contributed by atoms with E-state index in [0.717, 1.165) is 42.0 Å². The zero-order valence-corrected chi connectivity index (χ0v) is 21.3. The van der Waals surface area contributed by atoms with Gasteiger partial charge in [0.05, 0.1) is 22.2 Å². The van der Waals surface area contributed by atoms with Crippen molar-refractivity contribution < 1.29 is 9.53 Å². The van der Waals surface area contributed by atoms with Crippen LogP contribution in [-0.4, -0.2) is 35.1 Å². The van der Waals surface area contributed by atoms with Crippen LogP contribution in [0.2, 0.25) is 0 Å². The van der Waals surface area contributed by atoms with Gasteiger partial charge in [-0.3, -0.25) is 9.20 Å². The summed E-state index contributed by atoms with van der Waals surface area (Å²) in [7, 11) is 0. The molecule has 34 heavy (non-hydrogen) atoms. The summed E-state index contributed by atoms with van der Waals surface area (Å²) in [5.74, 6) is 0.996. The van der Waals surface area contributed by atoms with Gasteiger partial charge in [-0.05, 0) is 56.4 Å². The number of para-hydroxylation sites is 1. The fourth-order valence-electron chi connectivity index (χ4n) is 4.38. The molecule has 0 saturated heterocycles. The average molecular weight is 480 g/mol. The van der Waals surface area contributed by atoms with E-state index >= 15 is 0 Å². The maximum Gasteiger partial charge on any atom is 0.345 e. The van der Waals surface area contributed by atoms with Crippen molar-refractivity contribution in [3.05, 3.63) is 52.2 Å². The second-order valence-corrected chi connectivity index (χ2v) is 9.85. The third-order valence-corrected chi connectivity index (χ3v) is 7.54. The SMILES string of the molecule is CCCN(CCCC(C)CC)c1ccc2c(=O)c(C(=O)OCC)c3sc4ccccc4n3c2n1. The molecular weight excluding hydrogens is 446 g/mol. The van der Waals surface area contributed by atoms with E-state index in [1.807, 2.05) is 40.8 Å². The van der Waals surface area contributed by atoms with Crippen LogP contribution in [-0.2, 0) is 4.74 Å². The number of aromatic nitrogens is 2. The van der Waals surface area contributed by atoms with Crippen molar-refractivity contribution >= 4 is 49.2 Å². The first-order valence-electron chi connectivity index (χ1n) is 12.3. The van der Waals surface area contributed by atoms with Crippen molar-refractivity contribution in [1.29, 1.82) is 0 Å². The Morgan fingerprint density at radius 3 is 2.68 bits per heavy atom. The number of anilines is 1. The molecule has 6 nitrogen and oxygen atoms in total. The lowest BCUT2D eigenvalue weighted by Crippen LogP contribution is -2.27. The third kappa shape index (κ3) is 4.53.